The first-order chi connectivity index (χ1) is 18.3. The maximum atomic E-state index is 13.4. The molecule has 0 spiro atoms. The molecule has 8 heteroatoms. The van der Waals surface area contributed by atoms with Gasteiger partial charge in [-0.15, -0.1) is 0 Å². The third-order valence-electron chi connectivity index (χ3n) is 6.21. The Hall–Kier alpha value is -5.24. The van der Waals surface area contributed by atoms with Crippen LogP contribution in [0.4, 0.5) is 11.4 Å². The van der Waals surface area contributed by atoms with Crippen LogP contribution in [0.1, 0.15) is 22.7 Å². The average molecular weight is 507 g/mol. The molecule has 1 fully saturated rings. The summed E-state index contributed by atoms with van der Waals surface area (Å²) in [6, 6.07) is 27.5. The van der Waals surface area contributed by atoms with Crippen molar-refractivity contribution in [2.45, 2.75) is 13.0 Å². The Bertz CT molecular complexity index is 1600. The van der Waals surface area contributed by atoms with E-state index in [1.807, 2.05) is 31.2 Å². The SMILES string of the molecule is Cc1cccc(N2C(=O)C(=O)/C(=C(\O)c3cccc([N+](=O)[O-])c3)C2c2cccc(Oc3ccccc3)c2)c1. The third-order valence-corrected chi connectivity index (χ3v) is 6.21. The molecule has 0 radical (unpaired) electrons. The van der Waals surface area contributed by atoms with Crippen molar-refractivity contribution in [2.24, 2.45) is 0 Å². The minimum absolute atomic E-state index is 0.0585. The molecule has 4 aromatic carbocycles. The van der Waals surface area contributed by atoms with Crippen molar-refractivity contribution >= 4 is 28.8 Å². The van der Waals surface area contributed by atoms with Gasteiger partial charge in [-0.3, -0.25) is 24.6 Å². The summed E-state index contributed by atoms with van der Waals surface area (Å²) in [7, 11) is 0. The van der Waals surface area contributed by atoms with Crippen molar-refractivity contribution in [1.82, 2.24) is 0 Å². The number of hydrogen-bond acceptors (Lipinski definition) is 6. The predicted molar refractivity (Wildman–Crippen MR) is 142 cm³/mol. The van der Waals surface area contributed by atoms with Gasteiger partial charge in [-0.2, -0.15) is 0 Å². The van der Waals surface area contributed by atoms with Gasteiger partial charge in [0.1, 0.15) is 17.3 Å². The van der Waals surface area contributed by atoms with Gasteiger partial charge in [-0.1, -0.05) is 54.6 Å². The highest BCUT2D eigenvalue weighted by Crippen LogP contribution is 2.43. The lowest BCUT2D eigenvalue weighted by atomic mass is 9.94. The Balaban J connectivity index is 1.68. The number of non-ortho nitro benzene ring substituents is 1. The molecule has 0 saturated carbocycles. The van der Waals surface area contributed by atoms with Crippen LogP contribution in [0.25, 0.3) is 5.76 Å². The lowest BCUT2D eigenvalue weighted by Crippen LogP contribution is -2.29. The molecule has 1 saturated heterocycles. The lowest BCUT2D eigenvalue weighted by Gasteiger charge is -2.26. The van der Waals surface area contributed by atoms with Crippen LogP contribution in [-0.4, -0.2) is 21.7 Å². The Morgan fingerprint density at radius 1 is 0.868 bits per heavy atom. The Morgan fingerprint density at radius 2 is 1.58 bits per heavy atom. The molecule has 0 bridgehead atoms. The van der Waals surface area contributed by atoms with Crippen LogP contribution in [0.15, 0.2) is 109 Å². The highest BCUT2D eigenvalue weighted by Gasteiger charge is 2.47. The number of aryl methyl sites for hydroxylation is 1. The molecule has 1 aliphatic rings. The molecule has 38 heavy (non-hydrogen) atoms. The summed E-state index contributed by atoms with van der Waals surface area (Å²) < 4.78 is 5.97. The number of ether oxygens (including phenoxy) is 1. The Morgan fingerprint density at radius 3 is 2.32 bits per heavy atom. The monoisotopic (exact) mass is 506 g/mol. The summed E-state index contributed by atoms with van der Waals surface area (Å²) in [6.07, 6.45) is 0. The zero-order chi connectivity index (χ0) is 26.8. The second-order valence-corrected chi connectivity index (χ2v) is 8.80. The number of nitro groups is 1. The normalized spacial score (nSPS) is 16.4. The second-order valence-electron chi connectivity index (χ2n) is 8.80. The number of carbonyl (C=O) groups is 2. The molecular formula is C30H22N2O6. The number of amides is 1. The number of carbonyl (C=O) groups excluding carboxylic acids is 2. The first-order valence-corrected chi connectivity index (χ1v) is 11.8. The zero-order valence-electron chi connectivity index (χ0n) is 20.3. The number of hydrogen-bond donors (Lipinski definition) is 1. The van der Waals surface area contributed by atoms with Crippen LogP contribution in [0.5, 0.6) is 11.5 Å². The topological polar surface area (TPSA) is 110 Å². The molecule has 8 nitrogen and oxygen atoms in total. The van der Waals surface area contributed by atoms with Gasteiger partial charge in [-0.05, 0) is 54.4 Å². The maximum Gasteiger partial charge on any atom is 0.300 e. The van der Waals surface area contributed by atoms with Gasteiger partial charge >= 0.3 is 0 Å². The number of aliphatic hydroxyl groups excluding tert-OH is 1. The largest absolute Gasteiger partial charge is 0.507 e. The molecular weight excluding hydrogens is 484 g/mol. The van der Waals surface area contributed by atoms with Crippen molar-refractivity contribution in [3.63, 3.8) is 0 Å². The number of aliphatic hydroxyl groups is 1. The van der Waals surface area contributed by atoms with Crippen molar-refractivity contribution in [2.75, 3.05) is 4.90 Å². The van der Waals surface area contributed by atoms with Gasteiger partial charge in [-0.25, -0.2) is 0 Å². The van der Waals surface area contributed by atoms with E-state index in [0.717, 1.165) is 5.56 Å². The number of Topliss-reactive ketones (excluding diaryl/α,β-unsaturated/α-hetero) is 1. The summed E-state index contributed by atoms with van der Waals surface area (Å²) >= 11 is 0. The minimum atomic E-state index is -1.00. The van der Waals surface area contributed by atoms with Crippen LogP contribution < -0.4 is 9.64 Å². The first kappa shape index (κ1) is 24.5. The minimum Gasteiger partial charge on any atom is -0.507 e. The van der Waals surface area contributed by atoms with E-state index in [1.165, 1.54) is 29.2 Å². The van der Waals surface area contributed by atoms with Gasteiger partial charge in [0.15, 0.2) is 0 Å². The van der Waals surface area contributed by atoms with E-state index in [1.54, 1.807) is 54.6 Å². The molecule has 5 rings (SSSR count). The van der Waals surface area contributed by atoms with Crippen molar-refractivity contribution in [1.29, 1.82) is 0 Å². The van der Waals surface area contributed by atoms with E-state index in [2.05, 4.69) is 0 Å². The highest BCUT2D eigenvalue weighted by molar-refractivity contribution is 6.51. The molecule has 1 unspecified atom stereocenters. The molecule has 1 atom stereocenters. The standard InChI is InChI=1S/C30H22N2O6/c1-19-8-5-11-22(16-19)31-27(20-9-7-15-25(18-20)38-24-13-3-2-4-14-24)26(29(34)30(31)35)28(33)21-10-6-12-23(17-21)32(36)37/h2-18,27,33H,1H3/b28-26-. The summed E-state index contributed by atoms with van der Waals surface area (Å²) in [5, 5.41) is 22.6. The van der Waals surface area contributed by atoms with E-state index in [9.17, 15) is 24.8 Å². The van der Waals surface area contributed by atoms with Crippen LogP contribution in [0.3, 0.4) is 0 Å². The number of benzene rings is 4. The Kier molecular flexibility index (Phi) is 6.45. The second kappa shape index (κ2) is 10.0. The number of rotatable bonds is 6. The van der Waals surface area contributed by atoms with E-state index in [-0.39, 0.29) is 16.8 Å². The summed E-state index contributed by atoms with van der Waals surface area (Å²) in [6.45, 7) is 1.87. The van der Waals surface area contributed by atoms with Crippen molar-refractivity contribution < 1.29 is 24.4 Å². The van der Waals surface area contributed by atoms with Gasteiger partial charge < -0.3 is 9.84 Å². The van der Waals surface area contributed by atoms with Gasteiger partial charge in [0.05, 0.1) is 16.5 Å². The molecule has 1 amide bonds. The van der Waals surface area contributed by atoms with Gasteiger partial charge in [0.25, 0.3) is 17.4 Å². The summed E-state index contributed by atoms with van der Waals surface area (Å²) in [5.74, 6) is -1.13. The van der Waals surface area contributed by atoms with Crippen molar-refractivity contribution in [3.05, 3.63) is 136 Å². The average Bonchev–Trinajstić information content (AvgIpc) is 3.19. The Labute approximate surface area is 218 Å². The number of ketones is 1. The lowest BCUT2D eigenvalue weighted by molar-refractivity contribution is -0.384. The van der Waals surface area contributed by atoms with Gasteiger partial charge in [0, 0.05) is 23.4 Å². The van der Waals surface area contributed by atoms with Gasteiger partial charge in [0.2, 0.25) is 0 Å². The van der Waals surface area contributed by atoms with Crippen LogP contribution in [0.2, 0.25) is 0 Å². The number of anilines is 1. The number of nitrogens with zero attached hydrogens (tertiary/aromatic N) is 2. The molecule has 1 aliphatic heterocycles. The van der Waals surface area contributed by atoms with E-state index in [0.29, 0.717) is 22.7 Å². The van der Waals surface area contributed by atoms with Crippen molar-refractivity contribution in [3.8, 4) is 11.5 Å². The van der Waals surface area contributed by atoms with Crippen LogP contribution >= 0.6 is 0 Å². The summed E-state index contributed by atoms with van der Waals surface area (Å²) in [4.78, 5) is 38.8. The molecule has 0 aromatic heterocycles. The predicted octanol–water partition coefficient (Wildman–Crippen LogP) is 6.32. The molecule has 0 aliphatic carbocycles. The summed E-state index contributed by atoms with van der Waals surface area (Å²) in [5.41, 5.74) is 1.51. The quantitative estimate of drug-likeness (QED) is 0.108. The molecule has 188 valence electrons. The fraction of sp³-hybridized carbons (Fsp3) is 0.0667. The number of para-hydroxylation sites is 1. The molecule has 1 N–H and O–H groups in total. The smallest absolute Gasteiger partial charge is 0.300 e. The fourth-order valence-corrected chi connectivity index (χ4v) is 4.49. The molecule has 4 aromatic rings. The highest BCUT2D eigenvalue weighted by atomic mass is 16.6. The molecule has 1 heterocycles. The fourth-order valence-electron chi connectivity index (χ4n) is 4.49. The van der Waals surface area contributed by atoms with Crippen LogP contribution in [0, 0.1) is 17.0 Å². The van der Waals surface area contributed by atoms with E-state index in [4.69, 9.17) is 4.74 Å². The van der Waals surface area contributed by atoms with Crippen LogP contribution in [-0.2, 0) is 9.59 Å². The number of nitro benzene ring substituents is 1. The third kappa shape index (κ3) is 4.62. The van der Waals surface area contributed by atoms with E-state index < -0.39 is 28.4 Å². The van der Waals surface area contributed by atoms with E-state index >= 15 is 0 Å². The zero-order valence-corrected chi connectivity index (χ0v) is 20.3. The maximum absolute atomic E-state index is 13.4. The first-order valence-electron chi connectivity index (χ1n) is 11.8.